The van der Waals surface area contributed by atoms with Gasteiger partial charge in [0.25, 0.3) is 0 Å². The van der Waals surface area contributed by atoms with E-state index < -0.39 is 0 Å². The summed E-state index contributed by atoms with van der Waals surface area (Å²) in [6.07, 6.45) is 1.71. The summed E-state index contributed by atoms with van der Waals surface area (Å²) in [6.45, 7) is 3.04. The number of benzene rings is 2. The Labute approximate surface area is 164 Å². The van der Waals surface area contributed by atoms with E-state index in [9.17, 15) is 9.90 Å². The Morgan fingerprint density at radius 2 is 1.71 bits per heavy atom. The van der Waals surface area contributed by atoms with Crippen molar-refractivity contribution >= 4 is 11.9 Å². The first-order valence-electron chi connectivity index (χ1n) is 9.27. The van der Waals surface area contributed by atoms with Crippen LogP contribution in [0.3, 0.4) is 0 Å². The van der Waals surface area contributed by atoms with Crippen LogP contribution < -0.4 is 14.7 Å². The SMILES string of the molecule is COCC[NH+](CCOC)Cc1c([O-])ccc2c1O/C(=C\c1ccccc1)C2=O. The predicted octanol–water partition coefficient (Wildman–Crippen LogP) is 1.05. The van der Waals surface area contributed by atoms with Crippen LogP contribution in [0.5, 0.6) is 11.5 Å². The standard InChI is InChI=1S/C22H25NO5/c1-26-12-10-23(11-13-27-2)15-18-19(24)9-8-17-21(25)20(28-22(17)18)14-16-6-4-3-5-7-16/h3-9,14,24H,10-13,15H2,1-2H3/b20-14-. The summed E-state index contributed by atoms with van der Waals surface area (Å²) in [5.74, 6) is 0.297. The first-order chi connectivity index (χ1) is 13.6. The zero-order valence-corrected chi connectivity index (χ0v) is 16.2. The maximum atomic E-state index is 12.8. The van der Waals surface area contributed by atoms with Crippen LogP contribution in [0.4, 0.5) is 0 Å². The van der Waals surface area contributed by atoms with E-state index in [2.05, 4.69) is 0 Å². The van der Waals surface area contributed by atoms with Crippen LogP contribution in [0.1, 0.15) is 21.5 Å². The van der Waals surface area contributed by atoms with Gasteiger partial charge in [-0.2, -0.15) is 0 Å². The molecule has 0 unspecified atom stereocenters. The van der Waals surface area contributed by atoms with E-state index in [0.29, 0.717) is 36.6 Å². The Kier molecular flexibility index (Phi) is 6.81. The molecule has 0 saturated heterocycles. The van der Waals surface area contributed by atoms with Crippen molar-refractivity contribution in [1.82, 2.24) is 0 Å². The van der Waals surface area contributed by atoms with E-state index in [4.69, 9.17) is 14.2 Å². The van der Waals surface area contributed by atoms with E-state index in [1.54, 1.807) is 26.4 Å². The van der Waals surface area contributed by atoms with E-state index in [0.717, 1.165) is 23.6 Å². The van der Waals surface area contributed by atoms with Gasteiger partial charge in [0.15, 0.2) is 5.76 Å². The molecule has 0 atom stereocenters. The van der Waals surface area contributed by atoms with Crippen molar-refractivity contribution in [2.45, 2.75) is 6.54 Å². The lowest BCUT2D eigenvalue weighted by Gasteiger charge is -2.23. The molecule has 1 aliphatic rings. The predicted molar refractivity (Wildman–Crippen MR) is 103 cm³/mol. The lowest BCUT2D eigenvalue weighted by atomic mass is 10.0. The molecule has 0 spiro atoms. The number of allylic oxidation sites excluding steroid dienone is 1. The molecule has 28 heavy (non-hydrogen) atoms. The molecule has 0 radical (unpaired) electrons. The van der Waals surface area contributed by atoms with E-state index in [1.165, 1.54) is 6.07 Å². The summed E-state index contributed by atoms with van der Waals surface area (Å²) in [5, 5.41) is 12.5. The minimum atomic E-state index is -0.199. The minimum absolute atomic E-state index is 0.125. The van der Waals surface area contributed by atoms with Crippen molar-refractivity contribution in [3.05, 3.63) is 64.9 Å². The Bertz CT molecular complexity index is 840. The molecule has 2 aromatic rings. The second kappa shape index (κ2) is 9.50. The van der Waals surface area contributed by atoms with Crippen LogP contribution in [-0.4, -0.2) is 46.3 Å². The van der Waals surface area contributed by atoms with Gasteiger partial charge < -0.3 is 24.2 Å². The van der Waals surface area contributed by atoms with Gasteiger partial charge in [-0.1, -0.05) is 42.1 Å². The van der Waals surface area contributed by atoms with Crippen LogP contribution in [0.15, 0.2) is 48.2 Å². The third-order valence-electron chi connectivity index (χ3n) is 4.74. The van der Waals surface area contributed by atoms with Gasteiger partial charge in [0.05, 0.1) is 18.8 Å². The quantitative estimate of drug-likeness (QED) is 0.656. The lowest BCUT2D eigenvalue weighted by molar-refractivity contribution is -0.914. The van der Waals surface area contributed by atoms with E-state index in [1.807, 2.05) is 30.3 Å². The number of fused-ring (bicyclic) bond motifs is 1. The number of methoxy groups -OCH3 is 2. The summed E-state index contributed by atoms with van der Waals surface area (Å²) in [7, 11) is 3.30. The van der Waals surface area contributed by atoms with Gasteiger partial charge in [0, 0.05) is 19.8 Å². The van der Waals surface area contributed by atoms with Crippen molar-refractivity contribution in [1.29, 1.82) is 0 Å². The summed E-state index contributed by atoms with van der Waals surface area (Å²) in [4.78, 5) is 13.9. The molecule has 0 aromatic heterocycles. The maximum Gasteiger partial charge on any atom is 0.231 e. The number of quaternary nitrogens is 1. The first kappa shape index (κ1) is 20.1. The smallest absolute Gasteiger partial charge is 0.231 e. The molecule has 3 rings (SSSR count). The van der Waals surface area contributed by atoms with E-state index >= 15 is 0 Å². The number of ether oxygens (including phenoxy) is 3. The third-order valence-corrected chi connectivity index (χ3v) is 4.74. The number of hydrogen-bond donors (Lipinski definition) is 1. The fraction of sp³-hybridized carbons (Fsp3) is 0.318. The number of carbonyl (C=O) groups is 1. The maximum absolute atomic E-state index is 12.8. The van der Waals surface area contributed by atoms with Crippen LogP contribution in [-0.2, 0) is 16.0 Å². The molecule has 0 saturated carbocycles. The molecule has 6 heteroatoms. The van der Waals surface area contributed by atoms with Crippen molar-refractivity contribution in [2.75, 3.05) is 40.5 Å². The molecule has 0 aliphatic carbocycles. The molecular formula is C22H25NO5. The molecule has 1 heterocycles. The minimum Gasteiger partial charge on any atom is -0.872 e. The molecule has 0 amide bonds. The highest BCUT2D eigenvalue weighted by molar-refractivity contribution is 6.14. The second-order valence-corrected chi connectivity index (χ2v) is 6.68. The average Bonchev–Trinajstić information content (AvgIpc) is 3.02. The van der Waals surface area contributed by atoms with Crippen molar-refractivity contribution in [3.8, 4) is 11.5 Å². The van der Waals surface area contributed by atoms with Crippen LogP contribution in [0, 0.1) is 0 Å². The topological polar surface area (TPSA) is 72.3 Å². The summed E-state index contributed by atoms with van der Waals surface area (Å²) in [5.41, 5.74) is 1.83. The van der Waals surface area contributed by atoms with Crippen molar-refractivity contribution in [2.24, 2.45) is 0 Å². The van der Waals surface area contributed by atoms with Crippen LogP contribution in [0.2, 0.25) is 0 Å². The summed E-state index contributed by atoms with van der Waals surface area (Å²) in [6, 6.07) is 12.5. The van der Waals surface area contributed by atoms with Gasteiger partial charge in [-0.05, 0) is 17.7 Å². The lowest BCUT2D eigenvalue weighted by Crippen LogP contribution is -3.11. The third kappa shape index (κ3) is 4.59. The van der Waals surface area contributed by atoms with Gasteiger partial charge in [0.2, 0.25) is 5.78 Å². The number of ketones is 1. The van der Waals surface area contributed by atoms with Crippen LogP contribution >= 0.6 is 0 Å². The number of hydrogen-bond acceptors (Lipinski definition) is 5. The van der Waals surface area contributed by atoms with E-state index in [-0.39, 0.29) is 17.3 Å². The van der Waals surface area contributed by atoms with Gasteiger partial charge >= 0.3 is 0 Å². The van der Waals surface area contributed by atoms with Crippen molar-refractivity contribution in [3.63, 3.8) is 0 Å². The number of Topliss-reactive ketones (excluding diaryl/α,β-unsaturated/α-hetero) is 1. The molecule has 6 nitrogen and oxygen atoms in total. The fourth-order valence-electron chi connectivity index (χ4n) is 3.20. The highest BCUT2D eigenvalue weighted by atomic mass is 16.5. The van der Waals surface area contributed by atoms with Gasteiger partial charge in [-0.25, -0.2) is 0 Å². The Morgan fingerprint density at radius 1 is 1.04 bits per heavy atom. The Balaban J connectivity index is 1.88. The number of rotatable bonds is 9. The molecule has 148 valence electrons. The molecule has 1 N–H and O–H groups in total. The zero-order valence-electron chi connectivity index (χ0n) is 16.2. The monoisotopic (exact) mass is 383 g/mol. The molecular weight excluding hydrogens is 358 g/mol. The molecule has 0 bridgehead atoms. The largest absolute Gasteiger partial charge is 0.872 e. The number of carbonyl (C=O) groups excluding carboxylic acids is 1. The fourth-order valence-corrected chi connectivity index (χ4v) is 3.20. The summed E-state index contributed by atoms with van der Waals surface area (Å²) >= 11 is 0. The number of nitrogens with one attached hydrogen (secondary N) is 1. The van der Waals surface area contributed by atoms with Crippen LogP contribution in [0.25, 0.3) is 6.08 Å². The Hall–Kier alpha value is -2.67. The van der Waals surface area contributed by atoms with Gasteiger partial charge in [0.1, 0.15) is 25.4 Å². The zero-order chi connectivity index (χ0) is 19.9. The highest BCUT2D eigenvalue weighted by Gasteiger charge is 2.31. The van der Waals surface area contributed by atoms with Gasteiger partial charge in [-0.15, -0.1) is 0 Å². The Morgan fingerprint density at radius 3 is 2.36 bits per heavy atom. The van der Waals surface area contributed by atoms with Crippen molar-refractivity contribution < 1.29 is 29.0 Å². The molecule has 1 aliphatic heterocycles. The summed E-state index contributed by atoms with van der Waals surface area (Å²) < 4.78 is 16.2. The normalized spacial score (nSPS) is 14.5. The highest BCUT2D eigenvalue weighted by Crippen LogP contribution is 2.38. The first-order valence-corrected chi connectivity index (χ1v) is 9.27. The second-order valence-electron chi connectivity index (χ2n) is 6.68. The average molecular weight is 383 g/mol. The molecule has 2 aromatic carbocycles. The molecule has 0 fully saturated rings. The van der Waals surface area contributed by atoms with Gasteiger partial charge in [-0.3, -0.25) is 4.79 Å².